The van der Waals surface area contributed by atoms with E-state index in [0.29, 0.717) is 50.7 Å². The van der Waals surface area contributed by atoms with E-state index in [-0.39, 0.29) is 35.4 Å². The number of unbranched alkanes of at least 4 members (excludes halogenated alkanes) is 2. The molecule has 3 aliphatic rings. The maximum Gasteiger partial charge on any atom is 0.289 e. The van der Waals surface area contributed by atoms with E-state index in [4.69, 9.17) is 5.41 Å². The molecule has 10 heteroatoms. The molecule has 1 aliphatic heterocycles. The Labute approximate surface area is 212 Å². The second kappa shape index (κ2) is 14.0. The van der Waals surface area contributed by atoms with Gasteiger partial charge in [0.15, 0.2) is 0 Å². The molecule has 10 nitrogen and oxygen atoms in total. The normalized spacial score (nSPS) is 26.1. The molecule has 2 fully saturated rings. The summed E-state index contributed by atoms with van der Waals surface area (Å²) in [5.41, 5.74) is 0. The van der Waals surface area contributed by atoms with Crippen LogP contribution in [0.5, 0.6) is 0 Å². The highest BCUT2D eigenvalue weighted by molar-refractivity contribution is 6.14. The molecule has 0 aromatic rings. The second-order valence-electron chi connectivity index (χ2n) is 10.4. The molecular weight excluding hydrogens is 462 g/mol. The van der Waals surface area contributed by atoms with Crippen LogP contribution in [0.25, 0.3) is 0 Å². The monoisotopic (exact) mass is 501 g/mol. The summed E-state index contributed by atoms with van der Waals surface area (Å²) in [7, 11) is 0. The van der Waals surface area contributed by atoms with Gasteiger partial charge in [-0.2, -0.15) is 0 Å². The minimum Gasteiger partial charge on any atom is -0.356 e. The first-order chi connectivity index (χ1) is 17.4. The zero-order valence-corrected chi connectivity index (χ0v) is 21.0. The maximum absolute atomic E-state index is 12.5. The van der Waals surface area contributed by atoms with E-state index in [9.17, 15) is 24.1 Å². The lowest BCUT2D eigenvalue weighted by Gasteiger charge is -2.30. The van der Waals surface area contributed by atoms with Crippen LogP contribution in [0.15, 0.2) is 17.3 Å². The summed E-state index contributed by atoms with van der Waals surface area (Å²) in [6, 6.07) is 0. The minimum atomic E-state index is -0.548. The Kier molecular flexibility index (Phi) is 10.8. The summed E-state index contributed by atoms with van der Waals surface area (Å²) in [6.07, 6.45) is 12.3. The van der Waals surface area contributed by atoms with Crippen LogP contribution in [-0.2, 0) is 19.2 Å². The molecule has 0 aromatic heterocycles. The summed E-state index contributed by atoms with van der Waals surface area (Å²) >= 11 is 0. The van der Waals surface area contributed by atoms with E-state index in [0.717, 1.165) is 57.8 Å². The second-order valence-corrected chi connectivity index (χ2v) is 10.4. The van der Waals surface area contributed by atoms with Gasteiger partial charge >= 0.3 is 0 Å². The number of hydrogen-bond acceptors (Lipinski definition) is 6. The van der Waals surface area contributed by atoms with Gasteiger partial charge in [-0.25, -0.2) is 0 Å². The molecule has 1 heterocycles. The Hall–Kier alpha value is -2.91. The number of amides is 4. The van der Waals surface area contributed by atoms with Crippen molar-refractivity contribution in [2.45, 2.75) is 77.0 Å². The number of amidine groups is 1. The van der Waals surface area contributed by atoms with Crippen molar-refractivity contribution in [2.75, 3.05) is 19.6 Å². The number of carbonyl (C=O) groups excluding carboxylic acids is 4. The Morgan fingerprint density at radius 1 is 0.889 bits per heavy atom. The topological polar surface area (TPSA) is 149 Å². The van der Waals surface area contributed by atoms with E-state index in [1.807, 2.05) is 0 Å². The van der Waals surface area contributed by atoms with Crippen LogP contribution < -0.4 is 10.6 Å². The first kappa shape index (κ1) is 27.7. The lowest BCUT2D eigenvalue weighted by Crippen LogP contribution is -2.38. The lowest BCUT2D eigenvalue weighted by atomic mass is 9.81. The smallest absolute Gasteiger partial charge is 0.289 e. The standard InChI is InChI=1S/C26H39N5O5/c27-22-13-14-24(33)31(22)17-19-7-11-20(12-8-19)25(34)28-15-3-1-2-4-23(32)29-16-18-5-9-21(10-6-18)26(35)30-36/h13-14,18-21,27H,1-12,15-17H2,(H,28,34)(H,29,32). The summed E-state index contributed by atoms with van der Waals surface area (Å²) in [6.45, 7) is 1.79. The Bertz CT molecular complexity index is 839. The van der Waals surface area contributed by atoms with E-state index < -0.39 is 5.91 Å². The molecule has 0 unspecified atom stereocenters. The SMILES string of the molecule is N=C1C=CC(=O)N1CC1CCC(C(=O)NCCCCCC(=O)NCC2CCC(C(=O)N=O)CC2)CC1. The predicted octanol–water partition coefficient (Wildman–Crippen LogP) is 3.06. The van der Waals surface area contributed by atoms with Gasteiger partial charge in [0, 0.05) is 49.1 Å². The number of nitrogens with one attached hydrogen (secondary N) is 3. The van der Waals surface area contributed by atoms with Gasteiger partial charge in [0.1, 0.15) is 5.84 Å². The van der Waals surface area contributed by atoms with E-state index >= 15 is 0 Å². The fourth-order valence-corrected chi connectivity index (χ4v) is 5.48. The van der Waals surface area contributed by atoms with Crippen LogP contribution in [0.2, 0.25) is 0 Å². The van der Waals surface area contributed by atoms with Gasteiger partial charge in [-0.1, -0.05) is 6.42 Å². The number of nitrogens with zero attached hydrogens (tertiary/aromatic N) is 2. The Morgan fingerprint density at radius 3 is 2.19 bits per heavy atom. The highest BCUT2D eigenvalue weighted by Gasteiger charge is 2.30. The number of rotatable bonds is 12. The molecule has 0 radical (unpaired) electrons. The van der Waals surface area contributed by atoms with Crippen LogP contribution in [-0.4, -0.2) is 54.0 Å². The van der Waals surface area contributed by atoms with Crippen LogP contribution in [0.1, 0.15) is 77.0 Å². The van der Waals surface area contributed by atoms with Crippen molar-refractivity contribution in [2.24, 2.45) is 28.8 Å². The zero-order chi connectivity index (χ0) is 25.9. The summed E-state index contributed by atoms with van der Waals surface area (Å²) in [4.78, 5) is 59.6. The van der Waals surface area contributed by atoms with Crippen molar-refractivity contribution in [3.05, 3.63) is 17.1 Å². The number of nitroso groups, excluding NO2 is 1. The average molecular weight is 502 g/mol. The molecular formula is C26H39N5O5. The number of carbonyl (C=O) groups is 4. The molecule has 36 heavy (non-hydrogen) atoms. The first-order valence-electron chi connectivity index (χ1n) is 13.4. The molecule has 4 amide bonds. The third-order valence-electron chi connectivity index (χ3n) is 7.85. The lowest BCUT2D eigenvalue weighted by molar-refractivity contribution is -0.127. The van der Waals surface area contributed by atoms with Gasteiger partial charge in [0.2, 0.25) is 11.8 Å². The first-order valence-corrected chi connectivity index (χ1v) is 13.4. The van der Waals surface area contributed by atoms with Gasteiger partial charge in [0.05, 0.1) is 0 Å². The van der Waals surface area contributed by atoms with E-state index in [1.54, 1.807) is 0 Å². The zero-order valence-electron chi connectivity index (χ0n) is 21.0. The van der Waals surface area contributed by atoms with Crippen LogP contribution in [0.3, 0.4) is 0 Å². The van der Waals surface area contributed by atoms with Crippen LogP contribution in [0.4, 0.5) is 0 Å². The van der Waals surface area contributed by atoms with Crippen molar-refractivity contribution < 1.29 is 19.2 Å². The Morgan fingerprint density at radius 2 is 1.56 bits per heavy atom. The molecule has 0 aromatic carbocycles. The highest BCUT2D eigenvalue weighted by atomic mass is 16.3. The summed E-state index contributed by atoms with van der Waals surface area (Å²) < 4.78 is 0. The molecule has 0 atom stereocenters. The molecule has 0 spiro atoms. The largest absolute Gasteiger partial charge is 0.356 e. The third-order valence-corrected chi connectivity index (χ3v) is 7.85. The van der Waals surface area contributed by atoms with Crippen molar-refractivity contribution >= 4 is 29.5 Å². The fourth-order valence-electron chi connectivity index (χ4n) is 5.48. The molecule has 3 N–H and O–H groups in total. The van der Waals surface area contributed by atoms with E-state index in [2.05, 4.69) is 15.8 Å². The molecule has 2 aliphatic carbocycles. The Balaban J connectivity index is 1.17. The molecule has 3 rings (SSSR count). The van der Waals surface area contributed by atoms with Gasteiger partial charge in [-0.3, -0.25) is 29.5 Å². The van der Waals surface area contributed by atoms with Crippen molar-refractivity contribution in [3.63, 3.8) is 0 Å². The summed E-state index contributed by atoms with van der Waals surface area (Å²) in [5, 5.41) is 16.3. The van der Waals surface area contributed by atoms with Crippen LogP contribution in [0, 0.1) is 34.0 Å². The summed E-state index contributed by atoms with van der Waals surface area (Å²) in [5.74, 6) is 0.169. The highest BCUT2D eigenvalue weighted by Crippen LogP contribution is 2.30. The van der Waals surface area contributed by atoms with Crippen molar-refractivity contribution in [1.29, 1.82) is 5.41 Å². The van der Waals surface area contributed by atoms with Gasteiger partial charge in [0.25, 0.3) is 11.8 Å². The predicted molar refractivity (Wildman–Crippen MR) is 135 cm³/mol. The molecule has 0 saturated heterocycles. The van der Waals surface area contributed by atoms with E-state index in [1.165, 1.54) is 17.1 Å². The molecule has 198 valence electrons. The number of hydrogen-bond donors (Lipinski definition) is 3. The maximum atomic E-state index is 12.5. The molecule has 0 bridgehead atoms. The van der Waals surface area contributed by atoms with Crippen molar-refractivity contribution in [1.82, 2.24) is 15.5 Å². The van der Waals surface area contributed by atoms with Crippen molar-refractivity contribution in [3.8, 4) is 0 Å². The van der Waals surface area contributed by atoms with Gasteiger partial charge in [-0.15, -0.1) is 4.91 Å². The van der Waals surface area contributed by atoms with Gasteiger partial charge in [-0.05, 0) is 82.1 Å². The van der Waals surface area contributed by atoms with Gasteiger partial charge < -0.3 is 10.6 Å². The third kappa shape index (κ3) is 8.34. The minimum absolute atomic E-state index is 0.0155. The fraction of sp³-hybridized carbons (Fsp3) is 0.731. The molecule has 2 saturated carbocycles. The quantitative estimate of drug-likeness (QED) is 0.278. The van der Waals surface area contributed by atoms with Crippen LogP contribution >= 0.6 is 0 Å². The average Bonchev–Trinajstić information content (AvgIpc) is 3.21.